The Morgan fingerprint density at radius 3 is 2.75 bits per heavy atom. The summed E-state index contributed by atoms with van der Waals surface area (Å²) in [7, 11) is 1.75. The molecule has 10 unspecified atom stereocenters. The van der Waals surface area contributed by atoms with Gasteiger partial charge in [0.05, 0.1) is 43.5 Å². The van der Waals surface area contributed by atoms with E-state index in [-0.39, 0.29) is 12.2 Å². The highest BCUT2D eigenvalue weighted by Gasteiger charge is 2.55. The lowest BCUT2D eigenvalue weighted by molar-refractivity contribution is -0.947. The zero-order chi connectivity index (χ0) is 16.3. The molecule has 5 fully saturated rings. The number of piperidine rings is 2. The van der Waals surface area contributed by atoms with Crippen molar-refractivity contribution in [3.05, 3.63) is 0 Å². The number of methoxy groups -OCH3 is 1. The second-order valence-electron chi connectivity index (χ2n) is 8.94. The highest BCUT2D eigenvalue weighted by Crippen LogP contribution is 2.44. The molecule has 0 aromatic rings. The number of rotatable bonds is 1. The van der Waals surface area contributed by atoms with Gasteiger partial charge in [-0.1, -0.05) is 0 Å². The molecule has 3 heterocycles. The molecular weight excluding hydrogens is 306 g/mol. The van der Waals surface area contributed by atoms with Gasteiger partial charge in [0.1, 0.15) is 6.79 Å². The number of aliphatic hydroxyl groups is 1. The Kier molecular flexibility index (Phi) is 4.14. The summed E-state index contributed by atoms with van der Waals surface area (Å²) < 4.78 is 17.3. The minimum atomic E-state index is -0.268. The zero-order valence-corrected chi connectivity index (χ0v) is 14.7. The number of nitrogens with one attached hydrogen (secondary N) is 1. The number of quaternary nitrogens is 1. The van der Waals surface area contributed by atoms with Crippen LogP contribution in [0.3, 0.4) is 0 Å². The molecule has 0 radical (unpaired) electrons. The Morgan fingerprint density at radius 1 is 1.00 bits per heavy atom. The fourth-order valence-corrected chi connectivity index (χ4v) is 6.90. The van der Waals surface area contributed by atoms with Crippen LogP contribution in [0.15, 0.2) is 0 Å². The lowest BCUT2D eigenvalue weighted by Crippen LogP contribution is -3.20. The monoisotopic (exact) mass is 338 g/mol. The lowest BCUT2D eigenvalue weighted by Gasteiger charge is -2.54. The number of hydrogen-bond acceptors (Lipinski definition) is 4. The Labute approximate surface area is 144 Å². The van der Waals surface area contributed by atoms with E-state index in [0.717, 1.165) is 30.7 Å². The molecule has 0 spiro atoms. The third kappa shape index (κ3) is 2.47. The van der Waals surface area contributed by atoms with Crippen molar-refractivity contribution in [3.8, 4) is 0 Å². The molecule has 136 valence electrons. The highest BCUT2D eigenvalue weighted by atomic mass is 16.7. The fourth-order valence-electron chi connectivity index (χ4n) is 6.90. The van der Waals surface area contributed by atoms with Crippen molar-refractivity contribution in [2.24, 2.45) is 23.7 Å². The Balaban J connectivity index is 1.33. The van der Waals surface area contributed by atoms with E-state index in [9.17, 15) is 5.11 Å². The van der Waals surface area contributed by atoms with Crippen LogP contribution in [0.25, 0.3) is 0 Å². The molecule has 0 aromatic heterocycles. The second-order valence-corrected chi connectivity index (χ2v) is 8.94. The van der Waals surface area contributed by atoms with E-state index in [4.69, 9.17) is 14.2 Å². The number of hydrogen-bond donors (Lipinski definition) is 2. The summed E-state index contributed by atoms with van der Waals surface area (Å²) >= 11 is 0. The summed E-state index contributed by atoms with van der Waals surface area (Å²) in [5.74, 6) is 2.94. The smallest absolute Gasteiger partial charge is 0.147 e. The fraction of sp³-hybridized carbons (Fsp3) is 1.00. The molecule has 10 atom stereocenters. The SMILES string of the molecule is COC1CC2CC[NH+]3CC4C(CCC5OCOC54)CC3C2CC1O. The molecule has 3 saturated heterocycles. The van der Waals surface area contributed by atoms with Gasteiger partial charge in [-0.2, -0.15) is 0 Å². The van der Waals surface area contributed by atoms with Crippen LogP contribution in [0.1, 0.15) is 38.5 Å². The van der Waals surface area contributed by atoms with Crippen LogP contribution >= 0.6 is 0 Å². The predicted molar refractivity (Wildman–Crippen MR) is 87.6 cm³/mol. The van der Waals surface area contributed by atoms with Crippen molar-refractivity contribution in [2.75, 3.05) is 27.0 Å². The van der Waals surface area contributed by atoms with Crippen molar-refractivity contribution in [2.45, 2.75) is 69.0 Å². The van der Waals surface area contributed by atoms with E-state index >= 15 is 0 Å². The Hall–Kier alpha value is -0.200. The van der Waals surface area contributed by atoms with Crippen LogP contribution in [0, 0.1) is 23.7 Å². The van der Waals surface area contributed by atoms with Crippen molar-refractivity contribution in [3.63, 3.8) is 0 Å². The molecule has 0 bridgehead atoms. The van der Waals surface area contributed by atoms with E-state index in [1.165, 1.54) is 38.8 Å². The molecule has 0 aromatic carbocycles. The third-order valence-electron chi connectivity index (χ3n) is 8.08. The van der Waals surface area contributed by atoms with Crippen molar-refractivity contribution < 1.29 is 24.2 Å². The average molecular weight is 338 g/mol. The van der Waals surface area contributed by atoms with Gasteiger partial charge < -0.3 is 24.2 Å². The normalized spacial score (nSPS) is 56.8. The van der Waals surface area contributed by atoms with Crippen LogP contribution in [0.4, 0.5) is 0 Å². The third-order valence-corrected chi connectivity index (χ3v) is 8.08. The first-order valence-corrected chi connectivity index (χ1v) is 10.0. The van der Waals surface area contributed by atoms with Crippen LogP contribution in [0.2, 0.25) is 0 Å². The summed E-state index contributed by atoms with van der Waals surface area (Å²) in [5.41, 5.74) is 0. The summed E-state index contributed by atoms with van der Waals surface area (Å²) in [4.78, 5) is 1.79. The molecule has 5 nitrogen and oxygen atoms in total. The summed E-state index contributed by atoms with van der Waals surface area (Å²) in [6, 6.07) is 0.747. The summed E-state index contributed by atoms with van der Waals surface area (Å²) in [6.45, 7) is 3.05. The number of aliphatic hydroxyl groups excluding tert-OH is 1. The van der Waals surface area contributed by atoms with Crippen LogP contribution < -0.4 is 4.90 Å². The maximum Gasteiger partial charge on any atom is 0.147 e. The standard InChI is InChI=1S/C19H31NO4/c1-22-18-7-12-4-5-20-9-14-11(2-3-17-19(14)24-10-23-17)6-15(20)13(12)8-16(18)21/h11-19,21H,2-10H2,1H3/p+1. The second kappa shape index (κ2) is 6.20. The highest BCUT2D eigenvalue weighted by molar-refractivity contribution is 4.98. The maximum atomic E-state index is 10.5. The minimum absolute atomic E-state index is 0.0589. The maximum absolute atomic E-state index is 10.5. The Morgan fingerprint density at radius 2 is 1.88 bits per heavy atom. The van der Waals surface area contributed by atoms with E-state index in [1.807, 2.05) is 0 Å². The number of fused-ring (bicyclic) bond motifs is 6. The molecule has 5 aliphatic rings. The quantitative estimate of drug-likeness (QED) is 0.718. The van der Waals surface area contributed by atoms with Gasteiger partial charge in [-0.25, -0.2) is 0 Å². The van der Waals surface area contributed by atoms with E-state index < -0.39 is 0 Å². The molecule has 2 saturated carbocycles. The van der Waals surface area contributed by atoms with E-state index in [2.05, 4.69) is 0 Å². The van der Waals surface area contributed by atoms with Gasteiger partial charge in [-0.15, -0.1) is 0 Å². The first-order valence-electron chi connectivity index (χ1n) is 10.0. The zero-order valence-electron chi connectivity index (χ0n) is 14.7. The lowest BCUT2D eigenvalue weighted by atomic mass is 9.62. The van der Waals surface area contributed by atoms with Gasteiger partial charge in [0.15, 0.2) is 0 Å². The van der Waals surface area contributed by atoms with Gasteiger partial charge in [-0.3, -0.25) is 0 Å². The van der Waals surface area contributed by atoms with Crippen LogP contribution in [-0.2, 0) is 14.2 Å². The predicted octanol–water partition coefficient (Wildman–Crippen LogP) is 0.217. The van der Waals surface area contributed by atoms with Crippen molar-refractivity contribution in [1.82, 2.24) is 0 Å². The summed E-state index contributed by atoms with van der Waals surface area (Å²) in [6.07, 6.45) is 7.62. The first kappa shape index (κ1) is 16.0. The van der Waals surface area contributed by atoms with Gasteiger partial charge in [-0.05, 0) is 43.9 Å². The minimum Gasteiger partial charge on any atom is -0.390 e. The van der Waals surface area contributed by atoms with Gasteiger partial charge >= 0.3 is 0 Å². The first-order chi connectivity index (χ1) is 11.7. The molecule has 2 N–H and O–H groups in total. The van der Waals surface area contributed by atoms with Crippen molar-refractivity contribution >= 4 is 0 Å². The Bertz CT molecular complexity index is 474. The van der Waals surface area contributed by atoms with Gasteiger partial charge in [0.2, 0.25) is 0 Å². The summed E-state index contributed by atoms with van der Waals surface area (Å²) in [5, 5.41) is 10.5. The molecular formula is C19H32NO4+. The van der Waals surface area contributed by atoms with E-state index in [0.29, 0.717) is 30.8 Å². The average Bonchev–Trinajstić information content (AvgIpc) is 3.09. The molecule has 5 heteroatoms. The molecule has 0 amide bonds. The largest absolute Gasteiger partial charge is 0.390 e. The molecule has 24 heavy (non-hydrogen) atoms. The van der Waals surface area contributed by atoms with Crippen LogP contribution in [-0.4, -0.2) is 62.6 Å². The van der Waals surface area contributed by atoms with Gasteiger partial charge in [0, 0.05) is 25.4 Å². The number of ether oxygens (including phenoxy) is 3. The van der Waals surface area contributed by atoms with Crippen molar-refractivity contribution in [1.29, 1.82) is 0 Å². The molecule has 2 aliphatic carbocycles. The molecule has 3 aliphatic heterocycles. The van der Waals surface area contributed by atoms with E-state index in [1.54, 1.807) is 12.0 Å². The topological polar surface area (TPSA) is 52.4 Å². The molecule has 5 rings (SSSR count). The van der Waals surface area contributed by atoms with Gasteiger partial charge in [0.25, 0.3) is 0 Å². The van der Waals surface area contributed by atoms with Crippen LogP contribution in [0.5, 0.6) is 0 Å².